The van der Waals surface area contributed by atoms with Gasteiger partial charge in [0.2, 0.25) is 0 Å². The maximum Gasteiger partial charge on any atom is 0.274 e. The maximum absolute atomic E-state index is 14.7. The van der Waals surface area contributed by atoms with E-state index < -0.39 is 6.04 Å². The Balaban J connectivity index is 1.52. The van der Waals surface area contributed by atoms with Crippen LogP contribution in [0.15, 0.2) is 71.8 Å². The van der Waals surface area contributed by atoms with E-state index in [1.165, 1.54) is 11.1 Å². The van der Waals surface area contributed by atoms with Crippen LogP contribution in [0.1, 0.15) is 33.9 Å². The lowest BCUT2D eigenvalue weighted by Gasteiger charge is -2.23. The van der Waals surface area contributed by atoms with Crippen LogP contribution in [0.25, 0.3) is 0 Å². The SMILES string of the molecule is COc1ccc(C2=NN(C(=O)c3ccc4c(c3)OCCO4)C(c3ccccc3F)C2)cc1. The molecule has 2 heterocycles. The highest BCUT2D eigenvalue weighted by Gasteiger charge is 2.35. The van der Waals surface area contributed by atoms with Crippen molar-refractivity contribution < 1.29 is 23.4 Å². The van der Waals surface area contributed by atoms with Gasteiger partial charge in [-0.05, 0) is 54.1 Å². The third-order valence-corrected chi connectivity index (χ3v) is 5.60. The second-order valence-electron chi connectivity index (χ2n) is 7.52. The number of fused-ring (bicyclic) bond motifs is 1. The molecule has 0 saturated heterocycles. The van der Waals surface area contributed by atoms with Crippen molar-refractivity contribution in [3.63, 3.8) is 0 Å². The summed E-state index contributed by atoms with van der Waals surface area (Å²) < 4.78 is 31.1. The number of hydrogen-bond donors (Lipinski definition) is 0. The molecule has 7 heteroatoms. The first-order valence-electron chi connectivity index (χ1n) is 10.3. The van der Waals surface area contributed by atoms with E-state index in [1.807, 2.05) is 24.3 Å². The Kier molecular flexibility index (Phi) is 5.23. The van der Waals surface area contributed by atoms with E-state index in [0.29, 0.717) is 48.0 Å². The molecule has 0 fully saturated rings. The second kappa shape index (κ2) is 8.34. The lowest BCUT2D eigenvalue weighted by Crippen LogP contribution is -2.28. The zero-order valence-corrected chi connectivity index (χ0v) is 17.5. The van der Waals surface area contributed by atoms with E-state index in [1.54, 1.807) is 43.5 Å². The molecular weight excluding hydrogens is 411 g/mol. The predicted octanol–water partition coefficient (Wildman–Crippen LogP) is 4.60. The van der Waals surface area contributed by atoms with Gasteiger partial charge in [-0.2, -0.15) is 5.10 Å². The number of ether oxygens (including phenoxy) is 3. The third-order valence-electron chi connectivity index (χ3n) is 5.60. The van der Waals surface area contributed by atoms with Crippen molar-refractivity contribution in [1.82, 2.24) is 5.01 Å². The quantitative estimate of drug-likeness (QED) is 0.605. The zero-order chi connectivity index (χ0) is 22.1. The van der Waals surface area contributed by atoms with Crippen molar-refractivity contribution in [3.05, 3.63) is 89.2 Å². The molecule has 3 aromatic rings. The van der Waals surface area contributed by atoms with E-state index >= 15 is 0 Å². The number of hydrazone groups is 1. The van der Waals surface area contributed by atoms with Gasteiger partial charge in [0, 0.05) is 17.5 Å². The summed E-state index contributed by atoms with van der Waals surface area (Å²) in [5.74, 6) is 1.13. The molecule has 162 valence electrons. The van der Waals surface area contributed by atoms with E-state index in [-0.39, 0.29) is 11.7 Å². The molecule has 0 spiro atoms. The first-order chi connectivity index (χ1) is 15.6. The van der Waals surface area contributed by atoms with Crippen LogP contribution in [-0.4, -0.2) is 37.0 Å². The maximum atomic E-state index is 14.7. The molecule has 2 aliphatic heterocycles. The number of nitrogens with zero attached hydrogens (tertiary/aromatic N) is 2. The minimum absolute atomic E-state index is 0.335. The van der Waals surface area contributed by atoms with Crippen molar-refractivity contribution in [2.75, 3.05) is 20.3 Å². The van der Waals surface area contributed by atoms with Crippen LogP contribution in [0.3, 0.4) is 0 Å². The average molecular weight is 432 g/mol. The van der Waals surface area contributed by atoms with Crippen molar-refractivity contribution in [2.24, 2.45) is 5.10 Å². The standard InChI is InChI=1S/C25H21FN2O4/c1-30-18-9-6-16(7-10-18)21-15-22(19-4-2-3-5-20(19)26)28(27-21)25(29)17-8-11-23-24(14-17)32-13-12-31-23/h2-11,14,22H,12-13,15H2,1H3. The molecule has 0 saturated carbocycles. The minimum atomic E-state index is -0.561. The van der Waals surface area contributed by atoms with Crippen LogP contribution in [0.4, 0.5) is 4.39 Å². The van der Waals surface area contributed by atoms with E-state index in [9.17, 15) is 9.18 Å². The molecule has 0 N–H and O–H groups in total. The molecule has 32 heavy (non-hydrogen) atoms. The first-order valence-corrected chi connectivity index (χ1v) is 10.3. The summed E-state index contributed by atoms with van der Waals surface area (Å²) in [7, 11) is 1.60. The van der Waals surface area contributed by atoms with Gasteiger partial charge in [-0.1, -0.05) is 18.2 Å². The Morgan fingerprint density at radius 1 is 1.03 bits per heavy atom. The number of rotatable bonds is 4. The number of halogens is 1. The largest absolute Gasteiger partial charge is 0.497 e. The topological polar surface area (TPSA) is 60.4 Å². The number of carbonyl (C=O) groups excluding carboxylic acids is 1. The van der Waals surface area contributed by atoms with Gasteiger partial charge in [0.25, 0.3) is 5.91 Å². The zero-order valence-electron chi connectivity index (χ0n) is 17.5. The third kappa shape index (κ3) is 3.66. The summed E-state index contributed by atoms with van der Waals surface area (Å²) in [6.07, 6.45) is 0.392. The molecule has 1 unspecified atom stereocenters. The van der Waals surface area contributed by atoms with Crippen LogP contribution in [0.2, 0.25) is 0 Å². The summed E-state index contributed by atoms with van der Waals surface area (Å²) in [6.45, 7) is 0.892. The van der Waals surface area contributed by atoms with Gasteiger partial charge in [0.05, 0.1) is 18.9 Å². The van der Waals surface area contributed by atoms with Crippen LogP contribution in [0, 0.1) is 5.82 Å². The normalized spacial score (nSPS) is 17.1. The smallest absolute Gasteiger partial charge is 0.274 e. The van der Waals surface area contributed by atoms with Crippen LogP contribution in [-0.2, 0) is 0 Å². The highest BCUT2D eigenvalue weighted by molar-refractivity contribution is 6.05. The number of amides is 1. The van der Waals surface area contributed by atoms with Crippen molar-refractivity contribution in [1.29, 1.82) is 0 Å². The van der Waals surface area contributed by atoms with Gasteiger partial charge in [0.1, 0.15) is 24.8 Å². The van der Waals surface area contributed by atoms with Crippen molar-refractivity contribution in [2.45, 2.75) is 12.5 Å². The van der Waals surface area contributed by atoms with E-state index in [2.05, 4.69) is 5.10 Å². The van der Waals surface area contributed by atoms with Gasteiger partial charge in [-0.25, -0.2) is 9.40 Å². The van der Waals surface area contributed by atoms with Crippen LogP contribution < -0.4 is 14.2 Å². The Morgan fingerprint density at radius 3 is 2.53 bits per heavy atom. The Morgan fingerprint density at radius 2 is 1.78 bits per heavy atom. The summed E-state index contributed by atoms with van der Waals surface area (Å²) in [5, 5.41) is 5.99. The molecular formula is C25H21FN2O4. The number of benzene rings is 3. The molecule has 3 aromatic carbocycles. The Labute approximate surface area is 184 Å². The molecule has 0 aromatic heterocycles. The Hall–Kier alpha value is -3.87. The number of methoxy groups -OCH3 is 1. The van der Waals surface area contributed by atoms with Gasteiger partial charge in [-0.15, -0.1) is 0 Å². The van der Waals surface area contributed by atoms with Crippen molar-refractivity contribution >= 4 is 11.6 Å². The van der Waals surface area contributed by atoms with Crippen LogP contribution >= 0.6 is 0 Å². The second-order valence-corrected chi connectivity index (χ2v) is 7.52. The molecule has 0 radical (unpaired) electrons. The molecule has 2 aliphatic rings. The van der Waals surface area contributed by atoms with Crippen LogP contribution in [0.5, 0.6) is 17.2 Å². The average Bonchev–Trinajstić information content (AvgIpc) is 3.29. The summed E-state index contributed by atoms with van der Waals surface area (Å²) in [4.78, 5) is 13.5. The fourth-order valence-electron chi connectivity index (χ4n) is 3.95. The molecule has 0 aliphatic carbocycles. The first kappa shape index (κ1) is 20.1. The fourth-order valence-corrected chi connectivity index (χ4v) is 3.95. The molecule has 5 rings (SSSR count). The molecule has 6 nitrogen and oxygen atoms in total. The van der Waals surface area contributed by atoms with E-state index in [0.717, 1.165) is 11.3 Å². The highest BCUT2D eigenvalue weighted by Crippen LogP contribution is 2.37. The number of carbonyl (C=O) groups is 1. The molecule has 0 bridgehead atoms. The fraction of sp³-hybridized carbons (Fsp3) is 0.200. The van der Waals surface area contributed by atoms with Gasteiger partial charge in [0.15, 0.2) is 11.5 Å². The van der Waals surface area contributed by atoms with Gasteiger partial charge < -0.3 is 14.2 Å². The summed E-state index contributed by atoms with van der Waals surface area (Å²) in [5.41, 5.74) is 2.37. The lowest BCUT2D eigenvalue weighted by atomic mass is 9.97. The van der Waals surface area contributed by atoms with Gasteiger partial charge >= 0.3 is 0 Å². The number of hydrogen-bond acceptors (Lipinski definition) is 5. The summed E-state index contributed by atoms with van der Waals surface area (Å²) >= 11 is 0. The van der Waals surface area contributed by atoms with Crippen molar-refractivity contribution in [3.8, 4) is 17.2 Å². The molecule has 1 atom stereocenters. The predicted molar refractivity (Wildman–Crippen MR) is 117 cm³/mol. The minimum Gasteiger partial charge on any atom is -0.497 e. The van der Waals surface area contributed by atoms with Gasteiger partial charge in [-0.3, -0.25) is 4.79 Å². The summed E-state index contributed by atoms with van der Waals surface area (Å²) in [6, 6.07) is 18.4. The highest BCUT2D eigenvalue weighted by atomic mass is 19.1. The van der Waals surface area contributed by atoms with E-state index in [4.69, 9.17) is 14.2 Å². The monoisotopic (exact) mass is 432 g/mol. The lowest BCUT2D eigenvalue weighted by molar-refractivity contribution is 0.0707. The Bertz CT molecular complexity index is 1190. The molecule has 1 amide bonds.